The third-order valence-corrected chi connectivity index (χ3v) is 4.01. The smallest absolute Gasteiger partial charge is 0.222 e. The molecule has 0 saturated carbocycles. The summed E-state index contributed by atoms with van der Waals surface area (Å²) in [5.41, 5.74) is 1.97. The molecular weight excluding hydrogens is 298 g/mol. The quantitative estimate of drug-likeness (QED) is 0.756. The number of thiazole rings is 1. The summed E-state index contributed by atoms with van der Waals surface area (Å²) in [5.74, 6) is -0.0234. The van der Waals surface area contributed by atoms with Crippen molar-refractivity contribution in [1.82, 2.24) is 25.1 Å². The second kappa shape index (κ2) is 6.95. The first-order valence-electron chi connectivity index (χ1n) is 6.90. The SMILES string of the molecule is O=C(CCn1cncn1)NCc1csc(-c2ccccc2)n1. The number of benzene rings is 1. The number of carbonyl (C=O) groups excluding carboxylic acids is 1. The topological polar surface area (TPSA) is 72.7 Å². The maximum Gasteiger partial charge on any atom is 0.222 e. The van der Waals surface area contributed by atoms with Gasteiger partial charge in [-0.2, -0.15) is 5.10 Å². The Morgan fingerprint density at radius 2 is 2.14 bits per heavy atom. The zero-order chi connectivity index (χ0) is 15.2. The molecule has 3 aromatic rings. The first-order chi connectivity index (χ1) is 10.8. The van der Waals surface area contributed by atoms with Crippen molar-refractivity contribution in [3.63, 3.8) is 0 Å². The molecule has 0 unspecified atom stereocenters. The van der Waals surface area contributed by atoms with E-state index in [1.165, 1.54) is 6.33 Å². The molecule has 7 heteroatoms. The summed E-state index contributed by atoms with van der Waals surface area (Å²) in [6, 6.07) is 10.0. The maximum atomic E-state index is 11.8. The van der Waals surface area contributed by atoms with Crippen LogP contribution in [0.3, 0.4) is 0 Å². The lowest BCUT2D eigenvalue weighted by Gasteiger charge is -2.03. The average Bonchev–Trinajstić information content (AvgIpc) is 3.23. The second-order valence-electron chi connectivity index (χ2n) is 4.70. The van der Waals surface area contributed by atoms with Crippen LogP contribution >= 0.6 is 11.3 Å². The summed E-state index contributed by atoms with van der Waals surface area (Å²) in [5, 5.41) is 9.77. The number of rotatable bonds is 6. The van der Waals surface area contributed by atoms with E-state index < -0.39 is 0 Å². The molecular formula is C15H15N5OS. The van der Waals surface area contributed by atoms with Crippen LogP contribution in [0.15, 0.2) is 48.4 Å². The maximum absolute atomic E-state index is 11.8. The van der Waals surface area contributed by atoms with Crippen molar-refractivity contribution in [1.29, 1.82) is 0 Å². The Bertz CT molecular complexity index is 723. The molecule has 112 valence electrons. The standard InChI is InChI=1S/C15H15N5OS/c21-14(6-7-20-11-16-10-18-20)17-8-13-9-22-15(19-13)12-4-2-1-3-5-12/h1-5,9-11H,6-8H2,(H,17,21). The lowest BCUT2D eigenvalue weighted by Crippen LogP contribution is -2.24. The van der Waals surface area contributed by atoms with Gasteiger partial charge in [-0.3, -0.25) is 9.48 Å². The van der Waals surface area contributed by atoms with Crippen molar-refractivity contribution in [2.45, 2.75) is 19.5 Å². The predicted octanol–water partition coefficient (Wildman–Crippen LogP) is 2.11. The lowest BCUT2D eigenvalue weighted by molar-refractivity contribution is -0.121. The second-order valence-corrected chi connectivity index (χ2v) is 5.55. The molecule has 1 amide bonds. The Kier molecular flexibility index (Phi) is 4.55. The normalized spacial score (nSPS) is 10.5. The van der Waals surface area contributed by atoms with Gasteiger partial charge < -0.3 is 5.32 Å². The third kappa shape index (κ3) is 3.76. The Morgan fingerprint density at radius 3 is 2.91 bits per heavy atom. The number of nitrogens with one attached hydrogen (secondary N) is 1. The molecule has 0 bridgehead atoms. The van der Waals surface area contributed by atoms with E-state index in [1.807, 2.05) is 35.7 Å². The van der Waals surface area contributed by atoms with E-state index in [4.69, 9.17) is 0 Å². The van der Waals surface area contributed by atoms with E-state index in [1.54, 1.807) is 22.3 Å². The number of aromatic nitrogens is 4. The molecule has 1 aromatic carbocycles. The highest BCUT2D eigenvalue weighted by Crippen LogP contribution is 2.23. The molecule has 6 nitrogen and oxygen atoms in total. The fraction of sp³-hybridized carbons (Fsp3) is 0.200. The molecule has 1 N–H and O–H groups in total. The van der Waals surface area contributed by atoms with Crippen molar-refractivity contribution >= 4 is 17.2 Å². The van der Waals surface area contributed by atoms with E-state index in [9.17, 15) is 4.79 Å². The van der Waals surface area contributed by atoms with Crippen molar-refractivity contribution in [2.24, 2.45) is 0 Å². The molecule has 0 fully saturated rings. The van der Waals surface area contributed by atoms with Gasteiger partial charge in [0.2, 0.25) is 5.91 Å². The van der Waals surface area contributed by atoms with Crippen LogP contribution in [0.1, 0.15) is 12.1 Å². The molecule has 2 aromatic heterocycles. The molecule has 0 aliphatic rings. The van der Waals surface area contributed by atoms with Gasteiger partial charge in [-0.25, -0.2) is 9.97 Å². The van der Waals surface area contributed by atoms with E-state index in [2.05, 4.69) is 20.4 Å². The molecule has 0 radical (unpaired) electrons. The predicted molar refractivity (Wildman–Crippen MR) is 84.0 cm³/mol. The average molecular weight is 313 g/mol. The number of carbonyl (C=O) groups is 1. The Morgan fingerprint density at radius 1 is 1.27 bits per heavy atom. The van der Waals surface area contributed by atoms with E-state index in [-0.39, 0.29) is 5.91 Å². The van der Waals surface area contributed by atoms with Gasteiger partial charge in [-0.1, -0.05) is 30.3 Å². The van der Waals surface area contributed by atoms with Crippen LogP contribution in [0.2, 0.25) is 0 Å². The van der Waals surface area contributed by atoms with E-state index in [0.717, 1.165) is 16.3 Å². The minimum Gasteiger partial charge on any atom is -0.350 e. The molecule has 0 spiro atoms. The largest absolute Gasteiger partial charge is 0.350 e. The van der Waals surface area contributed by atoms with Gasteiger partial charge in [-0.15, -0.1) is 11.3 Å². The summed E-state index contributed by atoms with van der Waals surface area (Å²) >= 11 is 1.58. The minimum atomic E-state index is -0.0234. The van der Waals surface area contributed by atoms with Gasteiger partial charge >= 0.3 is 0 Å². The van der Waals surface area contributed by atoms with Crippen LogP contribution in [-0.2, 0) is 17.9 Å². The van der Waals surface area contributed by atoms with Crippen LogP contribution in [0.4, 0.5) is 0 Å². The van der Waals surface area contributed by atoms with Crippen LogP contribution in [0.25, 0.3) is 10.6 Å². The minimum absolute atomic E-state index is 0.0234. The molecule has 0 aliphatic heterocycles. The summed E-state index contributed by atoms with van der Waals surface area (Å²) in [6.07, 6.45) is 3.43. The Labute approximate surface area is 131 Å². The van der Waals surface area contributed by atoms with Gasteiger partial charge in [-0.05, 0) is 0 Å². The van der Waals surface area contributed by atoms with Crippen molar-refractivity contribution in [3.8, 4) is 10.6 Å². The van der Waals surface area contributed by atoms with Crippen LogP contribution in [0.5, 0.6) is 0 Å². The van der Waals surface area contributed by atoms with Crippen LogP contribution in [0, 0.1) is 0 Å². The molecule has 3 rings (SSSR count). The highest BCUT2D eigenvalue weighted by atomic mass is 32.1. The Balaban J connectivity index is 1.49. The first-order valence-corrected chi connectivity index (χ1v) is 7.78. The van der Waals surface area contributed by atoms with Gasteiger partial charge in [0.05, 0.1) is 18.8 Å². The zero-order valence-electron chi connectivity index (χ0n) is 11.8. The van der Waals surface area contributed by atoms with Crippen LogP contribution in [-0.4, -0.2) is 25.7 Å². The molecule has 0 atom stereocenters. The highest BCUT2D eigenvalue weighted by Gasteiger charge is 2.06. The van der Waals surface area contributed by atoms with Crippen LogP contribution < -0.4 is 5.32 Å². The number of hydrogen-bond acceptors (Lipinski definition) is 5. The zero-order valence-corrected chi connectivity index (χ0v) is 12.7. The Hall–Kier alpha value is -2.54. The fourth-order valence-corrected chi connectivity index (χ4v) is 2.77. The lowest BCUT2D eigenvalue weighted by atomic mass is 10.2. The summed E-state index contributed by atoms with van der Waals surface area (Å²) in [7, 11) is 0. The van der Waals surface area contributed by atoms with E-state index >= 15 is 0 Å². The summed E-state index contributed by atoms with van der Waals surface area (Å²) < 4.78 is 1.63. The number of aryl methyl sites for hydroxylation is 1. The number of amides is 1. The fourth-order valence-electron chi connectivity index (χ4n) is 1.94. The number of nitrogens with zero attached hydrogens (tertiary/aromatic N) is 4. The summed E-state index contributed by atoms with van der Waals surface area (Å²) in [6.45, 7) is 0.970. The molecule has 2 heterocycles. The molecule has 22 heavy (non-hydrogen) atoms. The van der Waals surface area contributed by atoms with Crippen molar-refractivity contribution < 1.29 is 4.79 Å². The van der Waals surface area contributed by atoms with Gasteiger partial charge in [0.15, 0.2) is 0 Å². The van der Waals surface area contributed by atoms with Gasteiger partial charge in [0, 0.05) is 17.4 Å². The van der Waals surface area contributed by atoms with Crippen molar-refractivity contribution in [3.05, 3.63) is 54.1 Å². The van der Waals surface area contributed by atoms with Crippen molar-refractivity contribution in [2.75, 3.05) is 0 Å². The number of hydrogen-bond donors (Lipinski definition) is 1. The third-order valence-electron chi connectivity index (χ3n) is 3.07. The molecule has 0 saturated heterocycles. The van der Waals surface area contributed by atoms with E-state index in [0.29, 0.717) is 19.5 Å². The highest BCUT2D eigenvalue weighted by molar-refractivity contribution is 7.13. The van der Waals surface area contributed by atoms with Gasteiger partial charge in [0.1, 0.15) is 17.7 Å². The summed E-state index contributed by atoms with van der Waals surface area (Å²) in [4.78, 5) is 20.2. The first kappa shape index (κ1) is 14.4. The monoisotopic (exact) mass is 313 g/mol. The molecule has 0 aliphatic carbocycles. The van der Waals surface area contributed by atoms with Gasteiger partial charge in [0.25, 0.3) is 0 Å².